The number of hydrogen-bond acceptors (Lipinski definition) is 3. The van der Waals surface area contributed by atoms with E-state index in [9.17, 15) is 9.18 Å². The van der Waals surface area contributed by atoms with E-state index in [-0.39, 0.29) is 11.6 Å². The van der Waals surface area contributed by atoms with E-state index < -0.39 is 5.82 Å². The van der Waals surface area contributed by atoms with E-state index in [1.54, 1.807) is 48.7 Å². The van der Waals surface area contributed by atoms with Crippen molar-refractivity contribution in [2.45, 2.75) is 0 Å². The van der Waals surface area contributed by atoms with Crippen molar-refractivity contribution in [3.05, 3.63) is 84.3 Å². The minimum Gasteiger partial charge on any atom is -0.337 e. The maximum atomic E-state index is 13.8. The molecule has 3 rings (SSSR count). The second-order valence-electron chi connectivity index (χ2n) is 4.82. The lowest BCUT2D eigenvalue weighted by atomic mass is 10.2. The lowest BCUT2D eigenvalue weighted by Crippen LogP contribution is -2.14. The van der Waals surface area contributed by atoms with Gasteiger partial charge in [0.15, 0.2) is 0 Å². The first-order chi connectivity index (χ1) is 11.2. The predicted octanol–water partition coefficient (Wildman–Crippen LogP) is 4.22. The molecule has 0 fully saturated rings. The molecule has 4 nitrogen and oxygen atoms in total. The summed E-state index contributed by atoms with van der Waals surface area (Å²) in [4.78, 5) is 16.6. The molecule has 23 heavy (non-hydrogen) atoms. The topological polar surface area (TPSA) is 54.0 Å². The Morgan fingerprint density at radius 2 is 1.65 bits per heavy atom. The van der Waals surface area contributed by atoms with Crippen molar-refractivity contribution in [1.29, 1.82) is 0 Å². The van der Waals surface area contributed by atoms with Gasteiger partial charge in [0, 0.05) is 11.9 Å². The maximum absolute atomic E-state index is 13.8. The van der Waals surface area contributed by atoms with Gasteiger partial charge in [-0.3, -0.25) is 4.79 Å². The molecule has 0 aliphatic carbocycles. The molecule has 0 atom stereocenters. The average molecular weight is 307 g/mol. The molecule has 0 spiro atoms. The van der Waals surface area contributed by atoms with Gasteiger partial charge in [-0.2, -0.15) is 0 Å². The highest BCUT2D eigenvalue weighted by atomic mass is 19.1. The van der Waals surface area contributed by atoms with Gasteiger partial charge in [-0.1, -0.05) is 30.3 Å². The van der Waals surface area contributed by atoms with E-state index in [4.69, 9.17) is 0 Å². The van der Waals surface area contributed by atoms with Crippen molar-refractivity contribution in [3.63, 3.8) is 0 Å². The fourth-order valence-electron chi connectivity index (χ4n) is 2.10. The van der Waals surface area contributed by atoms with Crippen molar-refractivity contribution in [2.75, 3.05) is 10.6 Å². The van der Waals surface area contributed by atoms with Gasteiger partial charge in [0.05, 0.1) is 11.3 Å². The van der Waals surface area contributed by atoms with E-state index >= 15 is 0 Å². The largest absolute Gasteiger partial charge is 0.337 e. The molecule has 2 aromatic carbocycles. The number of hydrogen-bond donors (Lipinski definition) is 2. The summed E-state index contributed by atoms with van der Waals surface area (Å²) in [7, 11) is 0. The van der Waals surface area contributed by atoms with Crippen LogP contribution in [-0.4, -0.2) is 10.9 Å². The molecule has 0 unspecified atom stereocenters. The predicted molar refractivity (Wildman–Crippen MR) is 88.3 cm³/mol. The lowest BCUT2D eigenvalue weighted by Gasteiger charge is -2.11. The Balaban J connectivity index is 1.86. The van der Waals surface area contributed by atoms with Crippen LogP contribution in [0.2, 0.25) is 0 Å². The number of carbonyl (C=O) groups excluding carboxylic acids is 1. The van der Waals surface area contributed by atoms with E-state index in [0.29, 0.717) is 17.1 Å². The normalized spacial score (nSPS) is 10.1. The van der Waals surface area contributed by atoms with Crippen LogP contribution in [0.15, 0.2) is 72.9 Å². The van der Waals surface area contributed by atoms with Gasteiger partial charge < -0.3 is 10.6 Å². The van der Waals surface area contributed by atoms with Crippen molar-refractivity contribution in [2.24, 2.45) is 0 Å². The van der Waals surface area contributed by atoms with Crippen molar-refractivity contribution in [1.82, 2.24) is 4.98 Å². The molecule has 0 radical (unpaired) electrons. The van der Waals surface area contributed by atoms with E-state index in [0.717, 1.165) is 0 Å². The SMILES string of the molecule is O=C(Nc1ccccc1)c1cccnc1Nc1ccccc1F. The van der Waals surface area contributed by atoms with E-state index in [1.165, 1.54) is 6.07 Å². The van der Waals surface area contributed by atoms with Gasteiger partial charge in [-0.05, 0) is 36.4 Å². The number of benzene rings is 2. The fourth-order valence-corrected chi connectivity index (χ4v) is 2.10. The Morgan fingerprint density at radius 1 is 0.913 bits per heavy atom. The third kappa shape index (κ3) is 3.52. The van der Waals surface area contributed by atoms with Crippen molar-refractivity contribution in [3.8, 4) is 0 Å². The molecule has 0 saturated heterocycles. The molecule has 1 aromatic heterocycles. The minimum absolute atomic E-state index is 0.264. The molecular weight excluding hydrogens is 293 g/mol. The third-order valence-electron chi connectivity index (χ3n) is 3.21. The molecule has 0 aliphatic rings. The zero-order valence-electron chi connectivity index (χ0n) is 12.2. The summed E-state index contributed by atoms with van der Waals surface area (Å²) in [5.74, 6) is -0.429. The second-order valence-corrected chi connectivity index (χ2v) is 4.82. The molecule has 2 N–H and O–H groups in total. The number of aromatic nitrogens is 1. The van der Waals surface area contributed by atoms with Gasteiger partial charge >= 0.3 is 0 Å². The second kappa shape index (κ2) is 6.70. The number of rotatable bonds is 4. The molecule has 0 saturated carbocycles. The smallest absolute Gasteiger partial charge is 0.259 e. The number of amides is 1. The zero-order valence-corrected chi connectivity index (χ0v) is 12.2. The van der Waals surface area contributed by atoms with Gasteiger partial charge in [0.1, 0.15) is 11.6 Å². The molecule has 1 amide bonds. The van der Waals surface area contributed by atoms with Crippen molar-refractivity contribution < 1.29 is 9.18 Å². The highest BCUT2D eigenvalue weighted by Crippen LogP contribution is 2.21. The third-order valence-corrected chi connectivity index (χ3v) is 3.21. The van der Waals surface area contributed by atoms with Gasteiger partial charge in [0.2, 0.25) is 0 Å². The van der Waals surface area contributed by atoms with Crippen LogP contribution in [0.1, 0.15) is 10.4 Å². The first-order valence-electron chi connectivity index (χ1n) is 7.07. The molecule has 0 aliphatic heterocycles. The van der Waals surface area contributed by atoms with Crippen LogP contribution in [0.25, 0.3) is 0 Å². The number of para-hydroxylation sites is 2. The summed E-state index contributed by atoms with van der Waals surface area (Å²) >= 11 is 0. The number of anilines is 3. The summed E-state index contributed by atoms with van der Waals surface area (Å²) in [5.41, 5.74) is 1.28. The Kier molecular flexibility index (Phi) is 4.29. The summed E-state index contributed by atoms with van der Waals surface area (Å²) in [5, 5.41) is 5.65. The number of nitrogens with one attached hydrogen (secondary N) is 2. The maximum Gasteiger partial charge on any atom is 0.259 e. The average Bonchev–Trinajstić information content (AvgIpc) is 2.58. The monoisotopic (exact) mass is 307 g/mol. The van der Waals surface area contributed by atoms with Crippen LogP contribution in [0.3, 0.4) is 0 Å². The molecule has 114 valence electrons. The standard InChI is InChI=1S/C18H14FN3O/c19-15-10-4-5-11-16(15)22-17-14(9-6-12-20-17)18(23)21-13-7-2-1-3-8-13/h1-12H,(H,20,22)(H,21,23). The van der Waals surface area contributed by atoms with Gasteiger partial charge in [-0.25, -0.2) is 9.37 Å². The molecule has 5 heteroatoms. The van der Waals surface area contributed by atoms with Crippen LogP contribution in [0.5, 0.6) is 0 Å². The fraction of sp³-hybridized carbons (Fsp3) is 0. The van der Waals surface area contributed by atoms with Crippen LogP contribution in [-0.2, 0) is 0 Å². The minimum atomic E-state index is -0.410. The number of nitrogens with zero attached hydrogens (tertiary/aromatic N) is 1. The summed E-state index contributed by atoms with van der Waals surface area (Å²) in [6.45, 7) is 0. The highest BCUT2D eigenvalue weighted by molar-refractivity contribution is 6.07. The van der Waals surface area contributed by atoms with Crippen LogP contribution < -0.4 is 10.6 Å². The Hall–Kier alpha value is -3.21. The first kappa shape index (κ1) is 14.7. The molecule has 0 bridgehead atoms. The van der Waals surface area contributed by atoms with Crippen LogP contribution in [0, 0.1) is 5.82 Å². The van der Waals surface area contributed by atoms with E-state index in [2.05, 4.69) is 15.6 Å². The van der Waals surface area contributed by atoms with E-state index in [1.807, 2.05) is 18.2 Å². The summed E-state index contributed by atoms with van der Waals surface area (Å²) in [6, 6.07) is 18.6. The van der Waals surface area contributed by atoms with Crippen LogP contribution in [0.4, 0.5) is 21.6 Å². The summed E-state index contributed by atoms with van der Waals surface area (Å²) < 4.78 is 13.8. The first-order valence-corrected chi connectivity index (χ1v) is 7.07. The molecule has 1 heterocycles. The molecule has 3 aromatic rings. The number of halogens is 1. The van der Waals surface area contributed by atoms with Gasteiger partial charge in [-0.15, -0.1) is 0 Å². The number of carbonyl (C=O) groups is 1. The quantitative estimate of drug-likeness (QED) is 0.759. The summed E-state index contributed by atoms with van der Waals surface area (Å²) in [6.07, 6.45) is 1.54. The number of pyridine rings is 1. The van der Waals surface area contributed by atoms with Crippen molar-refractivity contribution >= 4 is 23.1 Å². The van der Waals surface area contributed by atoms with Crippen LogP contribution >= 0.6 is 0 Å². The highest BCUT2D eigenvalue weighted by Gasteiger charge is 2.13. The molecular formula is C18H14FN3O. The Labute approximate surface area is 133 Å². The zero-order chi connectivity index (χ0) is 16.1. The lowest BCUT2D eigenvalue weighted by molar-refractivity contribution is 0.102. The Bertz CT molecular complexity index is 821. The van der Waals surface area contributed by atoms with Gasteiger partial charge in [0.25, 0.3) is 5.91 Å². The Morgan fingerprint density at radius 3 is 2.43 bits per heavy atom.